The lowest BCUT2D eigenvalue weighted by Crippen LogP contribution is -2.58. The van der Waals surface area contributed by atoms with E-state index in [9.17, 15) is 10.2 Å². The van der Waals surface area contributed by atoms with Crippen LogP contribution in [-0.4, -0.2) is 104 Å². The zero-order valence-electron chi connectivity index (χ0n) is 21.7. The summed E-state index contributed by atoms with van der Waals surface area (Å²) in [5.74, 6) is 0.220. The molecule has 220 valence electrons. The molecule has 19 heteroatoms. The average molecular weight is 614 g/mol. The van der Waals surface area contributed by atoms with Crippen LogP contribution in [0.15, 0.2) is 31.2 Å². The number of imidazole rings is 2. The van der Waals surface area contributed by atoms with Crippen LogP contribution in [0.5, 0.6) is 0 Å². The summed E-state index contributed by atoms with van der Waals surface area (Å²) in [5, 5.41) is 35.9. The van der Waals surface area contributed by atoms with Crippen LogP contribution in [0.2, 0.25) is 0 Å². The summed E-state index contributed by atoms with van der Waals surface area (Å²) in [4.78, 5) is 21.2. The van der Waals surface area contributed by atoms with Gasteiger partial charge in [-0.2, -0.15) is 0 Å². The van der Waals surface area contributed by atoms with Gasteiger partial charge in [0.05, 0.1) is 30.4 Å². The fourth-order valence-corrected chi connectivity index (χ4v) is 6.08. The first-order chi connectivity index (χ1) is 20.3. The Morgan fingerprint density at radius 1 is 0.786 bits per heavy atom. The van der Waals surface area contributed by atoms with Crippen LogP contribution in [0.25, 0.3) is 22.3 Å². The molecule has 3 fully saturated rings. The van der Waals surface area contributed by atoms with Gasteiger partial charge in [0, 0.05) is 19.3 Å². The van der Waals surface area contributed by atoms with E-state index >= 15 is 0 Å². The average Bonchev–Trinajstić information content (AvgIpc) is 3.73. The molecule has 0 bridgehead atoms. The number of nitrogen functional groups attached to an aromatic ring is 2. The molecule has 0 aromatic carbocycles. The number of pyridine rings is 1. The lowest BCUT2D eigenvalue weighted by molar-refractivity contribution is -0.0332. The topological polar surface area (TPSA) is 233 Å². The highest BCUT2D eigenvalue weighted by molar-refractivity contribution is 7.80. The summed E-state index contributed by atoms with van der Waals surface area (Å²) in [5.41, 5.74) is 14.3. The Hall–Kier alpha value is -4.01. The highest BCUT2D eigenvalue weighted by atomic mass is 32.1. The molecule has 4 aromatic heterocycles. The second-order valence-corrected chi connectivity index (χ2v) is 11.0. The van der Waals surface area contributed by atoms with E-state index in [1.165, 1.54) is 19.0 Å². The van der Waals surface area contributed by atoms with E-state index in [2.05, 4.69) is 46.2 Å². The molecule has 0 radical (unpaired) electrons. The molecule has 8 atom stereocenters. The standard InChI is InChI=1S/C23H27N13O4S2/c24-8-1-2-26-18-11(8)31-6-35(18)20-15(37)12-9(39-20)3-27-23(42)34-13-10(4-28-22(41)33-12)40-21(16(13)38)36-7-32-14-17(25)29-5-30-19(14)36/h1-2,5-7,9-10,12-13,15-16,20-21,37-38H,3-4H2,(H2,24,26)(H2,25,29,30)(H2,27,34,42)(H2,28,33,41)/t9-,10-,12-,13-,15-,16-,20-,21-/m1/s1. The van der Waals surface area contributed by atoms with Gasteiger partial charge in [0.25, 0.3) is 0 Å². The number of ether oxygens (including phenoxy) is 2. The monoisotopic (exact) mass is 613 g/mol. The maximum absolute atomic E-state index is 11.4. The van der Waals surface area contributed by atoms with Crippen LogP contribution in [-0.2, 0) is 9.47 Å². The quantitative estimate of drug-likeness (QED) is 0.110. The third kappa shape index (κ3) is 4.41. The van der Waals surface area contributed by atoms with E-state index in [0.717, 1.165) is 0 Å². The van der Waals surface area contributed by atoms with Gasteiger partial charge in [0.2, 0.25) is 0 Å². The van der Waals surface area contributed by atoms with E-state index in [4.69, 9.17) is 45.4 Å². The predicted molar refractivity (Wildman–Crippen MR) is 157 cm³/mol. The third-order valence-corrected chi connectivity index (χ3v) is 8.22. The van der Waals surface area contributed by atoms with E-state index in [0.29, 0.717) is 28.0 Å². The molecule has 10 N–H and O–H groups in total. The number of rotatable bonds is 2. The van der Waals surface area contributed by atoms with Crippen molar-refractivity contribution >= 4 is 68.5 Å². The van der Waals surface area contributed by atoms with Gasteiger partial charge in [-0.15, -0.1) is 0 Å². The van der Waals surface area contributed by atoms with Gasteiger partial charge in [-0.1, -0.05) is 0 Å². The van der Waals surface area contributed by atoms with Gasteiger partial charge in [0.15, 0.2) is 39.8 Å². The number of anilines is 2. The normalized spacial score (nSPS) is 31.8. The lowest BCUT2D eigenvalue weighted by atomic mass is 10.1. The fourth-order valence-electron chi connectivity index (χ4n) is 5.64. The van der Waals surface area contributed by atoms with Crippen molar-refractivity contribution in [1.29, 1.82) is 0 Å². The van der Waals surface area contributed by atoms with Gasteiger partial charge in [-0.25, -0.2) is 24.9 Å². The molecule has 3 saturated heterocycles. The number of fused-ring (bicyclic) bond motifs is 4. The zero-order chi connectivity index (χ0) is 29.1. The molecule has 7 rings (SSSR count). The SMILES string of the molecule is Nc1ccnc2c1ncn2[C@@H]1O[C@@H]2CNC(=S)N[C@H]3[C@@H](O)[C@H](n4cnc5c(N)ncnc54)O[C@@H]3CNC(=S)N[C@H]2[C@H]1O. The molecule has 0 unspecified atom stereocenters. The zero-order valence-corrected chi connectivity index (χ0v) is 23.4. The van der Waals surface area contributed by atoms with Gasteiger partial charge in [-0.3, -0.25) is 9.13 Å². The molecule has 3 aliphatic rings. The van der Waals surface area contributed by atoms with Gasteiger partial charge in [-0.05, 0) is 30.5 Å². The Morgan fingerprint density at radius 3 is 1.93 bits per heavy atom. The van der Waals surface area contributed by atoms with E-state index in [1.807, 2.05) is 0 Å². The number of aliphatic hydroxyl groups excluding tert-OH is 2. The molecular weight excluding hydrogens is 586 g/mol. The van der Waals surface area contributed by atoms with E-state index < -0.39 is 49.0 Å². The first kappa shape index (κ1) is 26.9. The van der Waals surface area contributed by atoms with Crippen molar-refractivity contribution in [3.63, 3.8) is 0 Å². The number of aliphatic hydroxyl groups is 2. The largest absolute Gasteiger partial charge is 0.397 e. The molecule has 0 aliphatic carbocycles. The summed E-state index contributed by atoms with van der Waals surface area (Å²) >= 11 is 11.2. The summed E-state index contributed by atoms with van der Waals surface area (Å²) in [6.07, 6.45) is 1.02. The Kier molecular flexibility index (Phi) is 6.63. The Labute approximate surface area is 248 Å². The predicted octanol–water partition coefficient (Wildman–Crippen LogP) is -2.37. The van der Waals surface area contributed by atoms with Crippen molar-refractivity contribution in [2.24, 2.45) is 0 Å². The number of nitrogens with one attached hydrogen (secondary N) is 4. The van der Waals surface area contributed by atoms with Crippen molar-refractivity contribution in [1.82, 2.24) is 55.3 Å². The number of hydrogen-bond donors (Lipinski definition) is 8. The van der Waals surface area contributed by atoms with Crippen molar-refractivity contribution in [3.05, 3.63) is 31.2 Å². The molecule has 0 amide bonds. The minimum atomic E-state index is -1.05. The molecule has 0 spiro atoms. The number of thiocarbonyl (C=S) groups is 2. The molecule has 7 heterocycles. The van der Waals surface area contributed by atoms with Crippen molar-refractivity contribution in [2.45, 2.75) is 49.0 Å². The van der Waals surface area contributed by atoms with Crippen molar-refractivity contribution in [2.75, 3.05) is 24.6 Å². The van der Waals surface area contributed by atoms with Crippen LogP contribution in [0.1, 0.15) is 12.5 Å². The first-order valence-electron chi connectivity index (χ1n) is 13.1. The summed E-state index contributed by atoms with van der Waals surface area (Å²) in [6, 6.07) is 0.403. The van der Waals surface area contributed by atoms with Gasteiger partial charge >= 0.3 is 0 Å². The smallest absolute Gasteiger partial charge is 0.167 e. The Balaban J connectivity index is 1.12. The van der Waals surface area contributed by atoms with Crippen LogP contribution in [0.3, 0.4) is 0 Å². The third-order valence-electron chi connectivity index (χ3n) is 7.70. The molecule has 3 aliphatic heterocycles. The minimum Gasteiger partial charge on any atom is -0.397 e. The second-order valence-electron chi connectivity index (χ2n) is 10.2. The fraction of sp³-hybridized carbons (Fsp3) is 0.435. The molecule has 17 nitrogen and oxygen atoms in total. The number of aromatic nitrogens is 7. The van der Waals surface area contributed by atoms with Crippen LogP contribution >= 0.6 is 24.4 Å². The van der Waals surface area contributed by atoms with Crippen LogP contribution in [0.4, 0.5) is 11.5 Å². The minimum absolute atomic E-state index is 0.205. The van der Waals surface area contributed by atoms with Crippen LogP contribution < -0.4 is 32.7 Å². The van der Waals surface area contributed by atoms with Crippen molar-refractivity contribution in [3.8, 4) is 0 Å². The maximum Gasteiger partial charge on any atom is 0.167 e. The Morgan fingerprint density at radius 2 is 1.33 bits per heavy atom. The second kappa shape index (κ2) is 10.4. The Bertz CT molecular complexity index is 1560. The maximum atomic E-state index is 11.4. The lowest BCUT2D eigenvalue weighted by Gasteiger charge is -2.28. The number of hydrogen-bond acceptors (Lipinski definition) is 13. The number of nitrogens with two attached hydrogens (primary N) is 2. The van der Waals surface area contributed by atoms with Gasteiger partial charge in [0.1, 0.15) is 41.8 Å². The van der Waals surface area contributed by atoms with E-state index in [1.54, 1.807) is 21.4 Å². The number of nitrogens with zero attached hydrogens (tertiary/aromatic N) is 7. The highest BCUT2D eigenvalue weighted by Crippen LogP contribution is 2.34. The van der Waals surface area contributed by atoms with E-state index in [-0.39, 0.29) is 29.1 Å². The summed E-state index contributed by atoms with van der Waals surface area (Å²) in [6.45, 7) is 0.415. The van der Waals surface area contributed by atoms with Gasteiger partial charge < -0.3 is 52.4 Å². The van der Waals surface area contributed by atoms with Crippen LogP contribution in [0, 0.1) is 0 Å². The molecule has 4 aromatic rings. The molecular formula is C23H27N13O4S2. The summed E-state index contributed by atoms with van der Waals surface area (Å²) in [7, 11) is 0. The summed E-state index contributed by atoms with van der Waals surface area (Å²) < 4.78 is 15.8. The highest BCUT2D eigenvalue weighted by Gasteiger charge is 2.48. The first-order valence-corrected chi connectivity index (χ1v) is 13.9. The molecule has 0 saturated carbocycles. The molecule has 42 heavy (non-hydrogen) atoms. The van der Waals surface area contributed by atoms with Crippen molar-refractivity contribution < 1.29 is 19.7 Å².